The van der Waals surface area contributed by atoms with Gasteiger partial charge in [0, 0.05) is 4.83 Å². The Bertz CT molecular complexity index is 133. The number of hydrogen-bond acceptors (Lipinski definition) is 0. The summed E-state index contributed by atoms with van der Waals surface area (Å²) in [5.74, 6) is 0.873. The predicted octanol–water partition coefficient (Wildman–Crippen LogP) is 5.40. The maximum Gasteiger partial charge on any atom is 0.0194 e. The molecule has 0 radical (unpaired) electrons. The summed E-state index contributed by atoms with van der Waals surface area (Å²) in [5, 5.41) is 0. The largest absolute Gasteiger partial charge is 0.0885 e. The fourth-order valence-electron chi connectivity index (χ4n) is 1.49. The monoisotopic (exact) mass is 262 g/mol. The molecule has 0 rings (SSSR count). The van der Waals surface area contributed by atoms with Gasteiger partial charge in [-0.2, -0.15) is 0 Å². The molecule has 1 unspecified atom stereocenters. The highest BCUT2D eigenvalue weighted by atomic mass is 79.9. The van der Waals surface area contributed by atoms with Crippen LogP contribution in [-0.2, 0) is 0 Å². The summed E-state index contributed by atoms with van der Waals surface area (Å²) in [5.41, 5.74) is 0.415. The molecular formula is C13H27Br. The highest BCUT2D eigenvalue weighted by Crippen LogP contribution is 2.30. The van der Waals surface area contributed by atoms with Crippen molar-refractivity contribution in [1.29, 1.82) is 0 Å². The minimum Gasteiger partial charge on any atom is -0.0885 e. The third kappa shape index (κ3) is 7.84. The Morgan fingerprint density at radius 3 is 1.86 bits per heavy atom. The molecule has 0 aliphatic rings. The molecule has 14 heavy (non-hydrogen) atoms. The quantitative estimate of drug-likeness (QED) is 0.444. The van der Waals surface area contributed by atoms with E-state index < -0.39 is 0 Å². The molecular weight excluding hydrogens is 236 g/mol. The summed E-state index contributed by atoms with van der Waals surface area (Å²) < 4.78 is 0. The summed E-state index contributed by atoms with van der Waals surface area (Å²) in [7, 11) is 0. The Balaban J connectivity index is 3.37. The highest BCUT2D eigenvalue weighted by molar-refractivity contribution is 9.09. The van der Waals surface area contributed by atoms with Crippen LogP contribution in [0.25, 0.3) is 0 Å². The molecule has 0 amide bonds. The van der Waals surface area contributed by atoms with Gasteiger partial charge < -0.3 is 0 Å². The molecule has 0 aromatic heterocycles. The molecule has 0 saturated heterocycles. The van der Waals surface area contributed by atoms with Crippen LogP contribution in [0, 0.1) is 11.3 Å². The van der Waals surface area contributed by atoms with Gasteiger partial charge in [0.1, 0.15) is 0 Å². The molecule has 0 saturated carbocycles. The Morgan fingerprint density at radius 2 is 1.43 bits per heavy atom. The maximum absolute atomic E-state index is 3.78. The molecule has 1 heteroatoms. The van der Waals surface area contributed by atoms with E-state index in [0.717, 1.165) is 5.92 Å². The second-order valence-corrected chi connectivity index (χ2v) is 6.97. The van der Waals surface area contributed by atoms with Gasteiger partial charge in [0.25, 0.3) is 0 Å². The molecule has 0 nitrogen and oxygen atoms in total. The summed E-state index contributed by atoms with van der Waals surface area (Å²) in [6.45, 7) is 11.5. The van der Waals surface area contributed by atoms with Gasteiger partial charge in [-0.3, -0.25) is 0 Å². The topological polar surface area (TPSA) is 0 Å². The molecule has 0 N–H and O–H groups in total. The van der Waals surface area contributed by atoms with Crippen LogP contribution in [0.4, 0.5) is 0 Å². The minimum atomic E-state index is 0.415. The molecule has 1 atom stereocenters. The third-order valence-corrected chi connectivity index (χ3v) is 4.51. The Kier molecular flexibility index (Phi) is 7.11. The zero-order valence-corrected chi connectivity index (χ0v) is 12.2. The molecule has 0 bridgehead atoms. The van der Waals surface area contributed by atoms with Gasteiger partial charge in [-0.25, -0.2) is 0 Å². The average Bonchev–Trinajstić information content (AvgIpc) is 2.01. The zero-order valence-electron chi connectivity index (χ0n) is 10.6. The van der Waals surface area contributed by atoms with Crippen molar-refractivity contribution in [2.24, 2.45) is 11.3 Å². The van der Waals surface area contributed by atoms with Crippen LogP contribution in [0.5, 0.6) is 0 Å². The lowest BCUT2D eigenvalue weighted by molar-refractivity contribution is 0.374. The van der Waals surface area contributed by atoms with Crippen LogP contribution >= 0.6 is 15.9 Å². The predicted molar refractivity (Wildman–Crippen MR) is 70.1 cm³/mol. The summed E-state index contributed by atoms with van der Waals surface area (Å²) in [6.07, 6.45) is 6.89. The van der Waals surface area contributed by atoms with Gasteiger partial charge in [0.2, 0.25) is 0 Å². The van der Waals surface area contributed by atoms with E-state index in [-0.39, 0.29) is 0 Å². The molecule has 0 aliphatic carbocycles. The summed E-state index contributed by atoms with van der Waals surface area (Å²) >= 11 is 3.78. The van der Waals surface area contributed by atoms with Crippen molar-refractivity contribution >= 4 is 15.9 Å². The van der Waals surface area contributed by atoms with E-state index >= 15 is 0 Å². The molecule has 0 aromatic carbocycles. The van der Waals surface area contributed by atoms with E-state index in [1.165, 1.54) is 32.1 Å². The van der Waals surface area contributed by atoms with Crippen LogP contribution < -0.4 is 0 Å². The van der Waals surface area contributed by atoms with Gasteiger partial charge in [0.15, 0.2) is 0 Å². The van der Waals surface area contributed by atoms with Crippen LogP contribution in [0.15, 0.2) is 0 Å². The maximum atomic E-state index is 3.78. The van der Waals surface area contributed by atoms with Crippen molar-refractivity contribution in [3.63, 3.8) is 0 Å². The lowest BCUT2D eigenvalue weighted by atomic mass is 9.89. The van der Waals surface area contributed by atoms with Crippen molar-refractivity contribution in [2.75, 3.05) is 0 Å². The molecule has 0 aromatic rings. The molecule has 0 fully saturated rings. The first-order valence-electron chi connectivity index (χ1n) is 5.98. The number of alkyl halides is 1. The third-order valence-electron chi connectivity index (χ3n) is 2.68. The molecule has 0 heterocycles. The van der Waals surface area contributed by atoms with Gasteiger partial charge >= 0.3 is 0 Å². The minimum absolute atomic E-state index is 0.415. The van der Waals surface area contributed by atoms with Crippen molar-refractivity contribution in [1.82, 2.24) is 0 Å². The van der Waals surface area contributed by atoms with Gasteiger partial charge in [-0.15, -0.1) is 0 Å². The van der Waals surface area contributed by atoms with E-state index in [9.17, 15) is 0 Å². The molecule has 0 spiro atoms. The Hall–Kier alpha value is 0.480. The SMILES string of the molecule is CC(C)CCCCCC(Br)C(C)(C)C. The smallest absolute Gasteiger partial charge is 0.0194 e. The zero-order chi connectivity index (χ0) is 11.2. The summed E-state index contributed by atoms with van der Waals surface area (Å²) in [6, 6.07) is 0. The van der Waals surface area contributed by atoms with Crippen LogP contribution in [-0.4, -0.2) is 4.83 Å². The van der Waals surface area contributed by atoms with E-state index in [1.807, 2.05) is 0 Å². The van der Waals surface area contributed by atoms with Crippen molar-refractivity contribution in [3.05, 3.63) is 0 Å². The standard InChI is InChI=1S/C13H27Br/c1-11(2)9-7-6-8-10-12(14)13(3,4)5/h11-12H,6-10H2,1-5H3. The summed E-state index contributed by atoms with van der Waals surface area (Å²) in [4.78, 5) is 0.675. The second kappa shape index (κ2) is 6.87. The highest BCUT2D eigenvalue weighted by Gasteiger charge is 2.20. The fourth-order valence-corrected chi connectivity index (χ4v) is 1.81. The number of rotatable bonds is 6. The lowest BCUT2D eigenvalue weighted by Gasteiger charge is -2.25. The first-order valence-corrected chi connectivity index (χ1v) is 6.89. The van der Waals surface area contributed by atoms with E-state index in [2.05, 4.69) is 50.5 Å². The number of unbranched alkanes of at least 4 members (excludes halogenated alkanes) is 2. The average molecular weight is 263 g/mol. The van der Waals surface area contributed by atoms with Crippen LogP contribution in [0.3, 0.4) is 0 Å². The first kappa shape index (κ1) is 14.5. The van der Waals surface area contributed by atoms with Crippen molar-refractivity contribution < 1.29 is 0 Å². The number of hydrogen-bond donors (Lipinski definition) is 0. The van der Waals surface area contributed by atoms with Crippen LogP contribution in [0.2, 0.25) is 0 Å². The van der Waals surface area contributed by atoms with Crippen LogP contribution in [0.1, 0.15) is 66.7 Å². The van der Waals surface area contributed by atoms with Gasteiger partial charge in [-0.05, 0) is 17.8 Å². The fraction of sp³-hybridized carbons (Fsp3) is 1.00. The van der Waals surface area contributed by atoms with E-state index in [0.29, 0.717) is 10.2 Å². The number of halogens is 1. The van der Waals surface area contributed by atoms with Gasteiger partial charge in [0.05, 0.1) is 0 Å². The van der Waals surface area contributed by atoms with Crippen molar-refractivity contribution in [3.8, 4) is 0 Å². The Labute approximate surface area is 99.0 Å². The van der Waals surface area contributed by atoms with E-state index in [4.69, 9.17) is 0 Å². The molecule has 0 aliphatic heterocycles. The second-order valence-electron chi connectivity index (χ2n) is 5.87. The molecule has 86 valence electrons. The van der Waals surface area contributed by atoms with Gasteiger partial charge in [-0.1, -0.05) is 76.2 Å². The van der Waals surface area contributed by atoms with E-state index in [1.54, 1.807) is 0 Å². The first-order chi connectivity index (χ1) is 6.34. The normalized spacial score (nSPS) is 14.8. The Morgan fingerprint density at radius 1 is 0.929 bits per heavy atom. The van der Waals surface area contributed by atoms with Crippen molar-refractivity contribution in [2.45, 2.75) is 71.5 Å². The lowest BCUT2D eigenvalue weighted by Crippen LogP contribution is -2.19.